The van der Waals surface area contributed by atoms with E-state index in [4.69, 9.17) is 5.73 Å². The van der Waals surface area contributed by atoms with Crippen LogP contribution in [-0.4, -0.2) is 42.4 Å². The summed E-state index contributed by atoms with van der Waals surface area (Å²) in [6.45, 7) is 3.00. The molecule has 24 heavy (non-hydrogen) atoms. The third kappa shape index (κ3) is 6.71. The zero-order valence-electron chi connectivity index (χ0n) is 14.1. The van der Waals surface area contributed by atoms with E-state index in [1.54, 1.807) is 4.90 Å². The van der Waals surface area contributed by atoms with Crippen molar-refractivity contribution in [3.05, 3.63) is 71.8 Å². The molecule has 130 valence electrons. The molecular formula is C19H26ClN3O. The van der Waals surface area contributed by atoms with Crippen LogP contribution in [0.15, 0.2) is 60.7 Å². The van der Waals surface area contributed by atoms with E-state index >= 15 is 0 Å². The van der Waals surface area contributed by atoms with Crippen molar-refractivity contribution >= 4 is 18.3 Å². The minimum atomic E-state index is 0. The summed E-state index contributed by atoms with van der Waals surface area (Å²) in [6, 6.07) is 20.2. The average molecular weight is 348 g/mol. The number of hydrogen-bond acceptors (Lipinski definition) is 3. The van der Waals surface area contributed by atoms with Crippen molar-refractivity contribution in [1.29, 1.82) is 0 Å². The molecule has 0 aliphatic heterocycles. The number of carbonyl (C=O) groups is 1. The molecule has 1 amide bonds. The van der Waals surface area contributed by atoms with Gasteiger partial charge in [-0.15, -0.1) is 12.4 Å². The van der Waals surface area contributed by atoms with Crippen molar-refractivity contribution in [2.75, 3.05) is 26.7 Å². The zero-order valence-corrected chi connectivity index (χ0v) is 14.9. The van der Waals surface area contributed by atoms with Crippen molar-refractivity contribution in [2.45, 2.75) is 13.1 Å². The number of likely N-dealkylation sites (N-methyl/N-ethyl adjacent to an activating group) is 1. The molecular weight excluding hydrogens is 322 g/mol. The van der Waals surface area contributed by atoms with Crippen molar-refractivity contribution in [1.82, 2.24) is 9.80 Å². The molecule has 2 N–H and O–H groups in total. The summed E-state index contributed by atoms with van der Waals surface area (Å²) in [5.74, 6) is 0.109. The van der Waals surface area contributed by atoms with Gasteiger partial charge < -0.3 is 10.6 Å². The topological polar surface area (TPSA) is 49.6 Å². The van der Waals surface area contributed by atoms with Gasteiger partial charge in [-0.05, 0) is 11.1 Å². The Morgan fingerprint density at radius 3 is 1.92 bits per heavy atom. The van der Waals surface area contributed by atoms with E-state index in [1.807, 2.05) is 55.6 Å². The average Bonchev–Trinajstić information content (AvgIpc) is 2.57. The fourth-order valence-corrected chi connectivity index (χ4v) is 2.50. The maximum absolute atomic E-state index is 12.5. The standard InChI is InChI=1S/C19H25N3O.ClH/c1-21(14-17-8-4-2-5-9-17)19(23)16-22(13-12-20)15-18-10-6-3-7-11-18;/h2-11H,12-16,20H2,1H3;1H. The number of rotatable bonds is 8. The lowest BCUT2D eigenvalue weighted by Crippen LogP contribution is -2.39. The van der Waals surface area contributed by atoms with Gasteiger partial charge in [0.2, 0.25) is 5.91 Å². The molecule has 0 heterocycles. The van der Waals surface area contributed by atoms with Crippen LogP contribution in [0.3, 0.4) is 0 Å². The first-order valence-electron chi connectivity index (χ1n) is 7.93. The normalized spacial score (nSPS) is 10.3. The molecule has 0 fully saturated rings. The number of nitrogens with zero attached hydrogens (tertiary/aromatic N) is 2. The first kappa shape index (κ1) is 20.2. The number of benzene rings is 2. The third-order valence-corrected chi connectivity index (χ3v) is 3.74. The third-order valence-electron chi connectivity index (χ3n) is 3.74. The highest BCUT2D eigenvalue weighted by Gasteiger charge is 2.14. The molecule has 0 aliphatic carbocycles. The highest BCUT2D eigenvalue weighted by molar-refractivity contribution is 5.85. The Morgan fingerprint density at radius 1 is 0.917 bits per heavy atom. The van der Waals surface area contributed by atoms with Gasteiger partial charge in [-0.25, -0.2) is 0 Å². The Bertz CT molecular complexity index is 592. The SMILES string of the molecule is CN(Cc1ccccc1)C(=O)CN(CCN)Cc1ccccc1.Cl. The van der Waals surface area contributed by atoms with Gasteiger partial charge in [0.1, 0.15) is 0 Å². The Hall–Kier alpha value is -1.88. The molecule has 0 aliphatic rings. The number of hydrogen-bond donors (Lipinski definition) is 1. The lowest BCUT2D eigenvalue weighted by atomic mass is 10.2. The van der Waals surface area contributed by atoms with Gasteiger partial charge in [-0.2, -0.15) is 0 Å². The number of halogens is 1. The van der Waals surface area contributed by atoms with E-state index in [2.05, 4.69) is 17.0 Å². The van der Waals surface area contributed by atoms with Crippen LogP contribution in [0.25, 0.3) is 0 Å². The highest BCUT2D eigenvalue weighted by Crippen LogP contribution is 2.06. The molecule has 4 nitrogen and oxygen atoms in total. The van der Waals surface area contributed by atoms with E-state index in [0.717, 1.165) is 12.1 Å². The Kier molecular flexibility index (Phi) is 9.08. The van der Waals surface area contributed by atoms with E-state index in [0.29, 0.717) is 26.2 Å². The van der Waals surface area contributed by atoms with E-state index < -0.39 is 0 Å². The predicted molar refractivity (Wildman–Crippen MR) is 101 cm³/mol. The summed E-state index contributed by atoms with van der Waals surface area (Å²) in [4.78, 5) is 16.3. The Labute approximate surface area is 150 Å². The van der Waals surface area contributed by atoms with Gasteiger partial charge in [-0.3, -0.25) is 9.69 Å². The molecule has 0 spiro atoms. The van der Waals surface area contributed by atoms with Crippen LogP contribution in [0.2, 0.25) is 0 Å². The summed E-state index contributed by atoms with van der Waals surface area (Å²) in [5.41, 5.74) is 8.02. The van der Waals surface area contributed by atoms with Gasteiger partial charge in [0.15, 0.2) is 0 Å². The molecule has 2 aromatic carbocycles. The Morgan fingerprint density at radius 2 is 1.42 bits per heavy atom. The molecule has 2 rings (SSSR count). The van der Waals surface area contributed by atoms with Crippen molar-refractivity contribution < 1.29 is 4.79 Å². The van der Waals surface area contributed by atoms with Crippen molar-refractivity contribution in [3.63, 3.8) is 0 Å². The quantitative estimate of drug-likeness (QED) is 0.798. The second kappa shape index (κ2) is 10.8. The number of nitrogens with two attached hydrogens (primary N) is 1. The van der Waals surface area contributed by atoms with Crippen LogP contribution in [0.5, 0.6) is 0 Å². The van der Waals surface area contributed by atoms with Crippen molar-refractivity contribution in [3.8, 4) is 0 Å². The van der Waals surface area contributed by atoms with E-state index in [1.165, 1.54) is 5.56 Å². The van der Waals surface area contributed by atoms with Crippen molar-refractivity contribution in [2.24, 2.45) is 5.73 Å². The summed E-state index contributed by atoms with van der Waals surface area (Å²) >= 11 is 0. The van der Waals surface area contributed by atoms with Crippen LogP contribution >= 0.6 is 12.4 Å². The molecule has 0 bridgehead atoms. The number of amides is 1. The van der Waals surface area contributed by atoms with Crippen LogP contribution in [0.4, 0.5) is 0 Å². The lowest BCUT2D eigenvalue weighted by molar-refractivity contribution is -0.131. The molecule has 0 radical (unpaired) electrons. The van der Waals surface area contributed by atoms with Crippen LogP contribution in [0.1, 0.15) is 11.1 Å². The van der Waals surface area contributed by atoms with Gasteiger partial charge in [0.25, 0.3) is 0 Å². The van der Waals surface area contributed by atoms with Gasteiger partial charge >= 0.3 is 0 Å². The largest absolute Gasteiger partial charge is 0.340 e. The first-order chi connectivity index (χ1) is 11.2. The van der Waals surface area contributed by atoms with E-state index in [-0.39, 0.29) is 18.3 Å². The number of carbonyl (C=O) groups excluding carboxylic acids is 1. The minimum absolute atomic E-state index is 0. The molecule has 2 aromatic rings. The molecule has 0 unspecified atom stereocenters. The maximum atomic E-state index is 12.5. The Balaban J connectivity index is 0.00000288. The van der Waals surface area contributed by atoms with Crippen LogP contribution < -0.4 is 5.73 Å². The maximum Gasteiger partial charge on any atom is 0.236 e. The lowest BCUT2D eigenvalue weighted by Gasteiger charge is -2.25. The predicted octanol–water partition coefficient (Wildman–Crippen LogP) is 2.53. The smallest absolute Gasteiger partial charge is 0.236 e. The van der Waals surface area contributed by atoms with Gasteiger partial charge in [0.05, 0.1) is 6.54 Å². The molecule has 0 saturated heterocycles. The van der Waals surface area contributed by atoms with Crippen LogP contribution in [-0.2, 0) is 17.9 Å². The zero-order chi connectivity index (χ0) is 16.5. The fourth-order valence-electron chi connectivity index (χ4n) is 2.50. The molecule has 0 atom stereocenters. The summed E-state index contributed by atoms with van der Waals surface area (Å²) in [6.07, 6.45) is 0. The first-order valence-corrected chi connectivity index (χ1v) is 7.93. The van der Waals surface area contributed by atoms with Gasteiger partial charge in [0, 0.05) is 33.2 Å². The van der Waals surface area contributed by atoms with Crippen LogP contribution in [0, 0.1) is 0 Å². The summed E-state index contributed by atoms with van der Waals surface area (Å²) in [7, 11) is 1.85. The minimum Gasteiger partial charge on any atom is -0.340 e. The fraction of sp³-hybridized carbons (Fsp3) is 0.316. The molecule has 0 aromatic heterocycles. The second-order valence-corrected chi connectivity index (χ2v) is 5.72. The second-order valence-electron chi connectivity index (χ2n) is 5.72. The monoisotopic (exact) mass is 347 g/mol. The molecule has 5 heteroatoms. The highest BCUT2D eigenvalue weighted by atomic mass is 35.5. The summed E-state index contributed by atoms with van der Waals surface area (Å²) in [5, 5.41) is 0. The molecule has 0 saturated carbocycles. The summed E-state index contributed by atoms with van der Waals surface area (Å²) < 4.78 is 0. The van der Waals surface area contributed by atoms with E-state index in [9.17, 15) is 4.79 Å². The van der Waals surface area contributed by atoms with Gasteiger partial charge in [-0.1, -0.05) is 60.7 Å².